The Balaban J connectivity index is 0.979. The largest absolute Gasteiger partial charge is 0.455 e. The van der Waals surface area contributed by atoms with Crippen molar-refractivity contribution in [2.24, 2.45) is 5.92 Å². The van der Waals surface area contributed by atoms with E-state index in [9.17, 15) is 0 Å². The van der Waals surface area contributed by atoms with Crippen molar-refractivity contribution in [2.45, 2.75) is 5.92 Å². The van der Waals surface area contributed by atoms with Crippen molar-refractivity contribution in [3.8, 4) is 22.3 Å². The molecule has 0 N–H and O–H groups in total. The van der Waals surface area contributed by atoms with Gasteiger partial charge in [-0.3, -0.25) is 0 Å². The van der Waals surface area contributed by atoms with E-state index in [1.807, 2.05) is 0 Å². The lowest BCUT2D eigenvalue weighted by Gasteiger charge is -2.37. The molecule has 0 saturated carbocycles. The summed E-state index contributed by atoms with van der Waals surface area (Å²) in [4.78, 5) is 0. The molecule has 2 heteroatoms. The number of hydrogen-bond donors (Lipinski definition) is 0. The fourth-order valence-corrected chi connectivity index (χ4v) is 11.5. The van der Waals surface area contributed by atoms with Gasteiger partial charge in [-0.25, -0.2) is 0 Å². The molecule has 298 valence electrons. The maximum Gasteiger partial charge on any atom is 0.143 e. The van der Waals surface area contributed by atoms with Crippen molar-refractivity contribution in [3.05, 3.63) is 246 Å². The van der Waals surface area contributed by atoms with Crippen LogP contribution in [0.3, 0.4) is 0 Å². The number of benzene rings is 10. The van der Waals surface area contributed by atoms with Crippen LogP contribution in [0.2, 0.25) is 0 Å². The van der Waals surface area contributed by atoms with Crippen LogP contribution in [0, 0.1) is 5.92 Å². The molecule has 14 rings (SSSR count). The summed E-state index contributed by atoms with van der Waals surface area (Å²) in [6.07, 6.45) is 9.18. The average Bonchev–Trinajstić information content (AvgIpc) is 3.94. The van der Waals surface area contributed by atoms with Crippen molar-refractivity contribution in [3.63, 3.8) is 0 Å². The molecule has 0 amide bonds. The van der Waals surface area contributed by atoms with Crippen LogP contribution in [-0.2, 0) is 0 Å². The van der Waals surface area contributed by atoms with E-state index in [0.29, 0.717) is 0 Å². The number of hydrogen-bond acceptors (Lipinski definition) is 2. The van der Waals surface area contributed by atoms with Crippen molar-refractivity contribution in [2.75, 3.05) is 0 Å². The number of furan rings is 2. The second-order valence-electron chi connectivity index (χ2n) is 17.4. The molecule has 2 unspecified atom stereocenters. The van der Waals surface area contributed by atoms with E-state index in [4.69, 9.17) is 8.83 Å². The number of rotatable bonds is 4. The van der Waals surface area contributed by atoms with E-state index < -0.39 is 0 Å². The molecule has 2 nitrogen and oxygen atoms in total. The standard InChI is InChI=1S/C62H38O2/c1-2-17-38(18-3-1)56-41-20-6-12-26-47(41)59(48-27-13-7-21-42(48)56)51-29-14-30-52-60-50(28-15-31-55(60)64-62(51)52)58-45-24-10-8-22-43(45)57(44-23-9-11-25-46(44)58)39-33-35-54-53(36-39)49-34-32-37-16-4-5-19-40(37)61(49)63-54/h1-36,45,58H. The summed E-state index contributed by atoms with van der Waals surface area (Å²) in [5.74, 6) is 0.161. The first-order chi connectivity index (χ1) is 31.8. The first-order valence-corrected chi connectivity index (χ1v) is 22.2. The van der Waals surface area contributed by atoms with Gasteiger partial charge in [0.25, 0.3) is 0 Å². The van der Waals surface area contributed by atoms with E-state index in [0.717, 1.165) is 49.4 Å². The molecule has 2 aromatic heterocycles. The first-order valence-electron chi connectivity index (χ1n) is 22.2. The van der Waals surface area contributed by atoms with Crippen LogP contribution in [0.1, 0.15) is 28.2 Å². The zero-order valence-electron chi connectivity index (χ0n) is 34.8. The molecule has 0 saturated heterocycles. The Morgan fingerprint density at radius 3 is 1.86 bits per heavy atom. The minimum atomic E-state index is 0.0565. The van der Waals surface area contributed by atoms with E-state index in [1.165, 1.54) is 82.4 Å². The predicted molar refractivity (Wildman–Crippen MR) is 267 cm³/mol. The van der Waals surface area contributed by atoms with E-state index in [2.05, 4.69) is 218 Å². The molecule has 0 bridgehead atoms. The molecule has 10 aromatic carbocycles. The molecule has 2 aliphatic carbocycles. The Bertz CT molecular complexity index is 3960. The Labute approximate surface area is 369 Å². The van der Waals surface area contributed by atoms with Gasteiger partial charge in [0.15, 0.2) is 0 Å². The fourth-order valence-electron chi connectivity index (χ4n) is 11.5. The van der Waals surface area contributed by atoms with Gasteiger partial charge in [0, 0.05) is 49.9 Å². The normalized spacial score (nSPS) is 15.9. The summed E-state index contributed by atoms with van der Waals surface area (Å²) in [6.45, 7) is 0. The Kier molecular flexibility index (Phi) is 7.55. The molecule has 0 spiro atoms. The SMILES string of the molecule is C1=CC2=C(c3ccc4oc5c6ccccc6ccc5c4c3)c3ccccc3C(c3cccc4oc5c(-c6c7ccccc7c(-c7ccccc7)c7ccccc67)cccc5c34)C2C=C1. The highest BCUT2D eigenvalue weighted by atomic mass is 16.3. The van der Waals surface area contributed by atoms with Gasteiger partial charge in [-0.2, -0.15) is 0 Å². The maximum atomic E-state index is 7.14. The van der Waals surface area contributed by atoms with Crippen LogP contribution in [0.15, 0.2) is 233 Å². The summed E-state index contributed by atoms with van der Waals surface area (Å²) in [5.41, 5.74) is 16.1. The summed E-state index contributed by atoms with van der Waals surface area (Å²) in [7, 11) is 0. The van der Waals surface area contributed by atoms with Crippen molar-refractivity contribution >= 4 is 81.8 Å². The van der Waals surface area contributed by atoms with Gasteiger partial charge in [-0.1, -0.05) is 194 Å². The van der Waals surface area contributed by atoms with Gasteiger partial charge in [0.05, 0.1) is 0 Å². The van der Waals surface area contributed by atoms with Gasteiger partial charge in [-0.05, 0) is 95.7 Å². The van der Waals surface area contributed by atoms with Crippen LogP contribution in [0.25, 0.3) is 104 Å². The fraction of sp³-hybridized carbons (Fsp3) is 0.0323. The predicted octanol–water partition coefficient (Wildman–Crippen LogP) is 17.0. The highest BCUT2D eigenvalue weighted by Crippen LogP contribution is 2.54. The Morgan fingerprint density at radius 2 is 1.03 bits per heavy atom. The molecule has 0 aliphatic heterocycles. The summed E-state index contributed by atoms with van der Waals surface area (Å²) < 4.78 is 13.7. The number of allylic oxidation sites excluding steroid dienone is 5. The third-order valence-corrected chi connectivity index (χ3v) is 14.1. The molecular formula is C62H38O2. The minimum Gasteiger partial charge on any atom is -0.455 e. The molecule has 2 atom stereocenters. The second-order valence-corrected chi connectivity index (χ2v) is 17.4. The number of fused-ring (bicyclic) bond motifs is 12. The average molecular weight is 815 g/mol. The molecule has 2 heterocycles. The molecule has 12 aromatic rings. The minimum absolute atomic E-state index is 0.0565. The van der Waals surface area contributed by atoms with Crippen LogP contribution in [-0.4, -0.2) is 0 Å². The van der Waals surface area contributed by atoms with Gasteiger partial charge in [0.2, 0.25) is 0 Å². The lowest BCUT2D eigenvalue weighted by atomic mass is 9.66. The monoisotopic (exact) mass is 814 g/mol. The maximum absolute atomic E-state index is 7.14. The molecule has 64 heavy (non-hydrogen) atoms. The lowest BCUT2D eigenvalue weighted by Crippen LogP contribution is -2.23. The zero-order valence-corrected chi connectivity index (χ0v) is 34.8. The van der Waals surface area contributed by atoms with Gasteiger partial charge < -0.3 is 8.83 Å². The summed E-state index contributed by atoms with van der Waals surface area (Å²) in [6, 6.07) is 70.7. The molecule has 2 aliphatic rings. The van der Waals surface area contributed by atoms with Crippen molar-refractivity contribution in [1.29, 1.82) is 0 Å². The van der Waals surface area contributed by atoms with Crippen molar-refractivity contribution in [1.82, 2.24) is 0 Å². The molecule has 0 radical (unpaired) electrons. The van der Waals surface area contributed by atoms with Gasteiger partial charge in [0.1, 0.15) is 22.3 Å². The van der Waals surface area contributed by atoms with Crippen LogP contribution in [0.5, 0.6) is 0 Å². The second kappa shape index (κ2) is 13.6. The van der Waals surface area contributed by atoms with Crippen LogP contribution >= 0.6 is 0 Å². The smallest absolute Gasteiger partial charge is 0.143 e. The van der Waals surface area contributed by atoms with Gasteiger partial charge >= 0.3 is 0 Å². The quantitative estimate of drug-likeness (QED) is 0.165. The van der Waals surface area contributed by atoms with Gasteiger partial charge in [-0.15, -0.1) is 0 Å². The lowest BCUT2D eigenvalue weighted by molar-refractivity contribution is 0.649. The van der Waals surface area contributed by atoms with Crippen LogP contribution in [0.4, 0.5) is 0 Å². The molecule has 0 fully saturated rings. The third-order valence-electron chi connectivity index (χ3n) is 14.1. The van der Waals surface area contributed by atoms with E-state index in [1.54, 1.807) is 0 Å². The van der Waals surface area contributed by atoms with Crippen LogP contribution < -0.4 is 0 Å². The summed E-state index contributed by atoms with van der Waals surface area (Å²) in [5, 5.41) is 11.8. The Hall–Kier alpha value is -8.20. The Morgan fingerprint density at radius 1 is 0.375 bits per heavy atom. The highest BCUT2D eigenvalue weighted by Gasteiger charge is 2.37. The topological polar surface area (TPSA) is 26.3 Å². The first kappa shape index (κ1) is 35.4. The summed E-state index contributed by atoms with van der Waals surface area (Å²) >= 11 is 0. The molecular weight excluding hydrogens is 777 g/mol. The van der Waals surface area contributed by atoms with E-state index >= 15 is 0 Å². The zero-order chi connectivity index (χ0) is 41.9. The van der Waals surface area contributed by atoms with E-state index in [-0.39, 0.29) is 11.8 Å². The number of para-hydroxylation sites is 1. The highest BCUT2D eigenvalue weighted by molar-refractivity contribution is 6.24. The third kappa shape index (κ3) is 5.02. The van der Waals surface area contributed by atoms with Crippen molar-refractivity contribution < 1.29 is 8.83 Å².